The number of amides is 1. The van der Waals surface area contributed by atoms with E-state index in [2.05, 4.69) is 11.4 Å². The molecule has 1 atom stereocenters. The summed E-state index contributed by atoms with van der Waals surface area (Å²) in [6, 6.07) is 13.1. The largest absolute Gasteiger partial charge is 0.397 e. The quantitative estimate of drug-likeness (QED) is 0.825. The van der Waals surface area contributed by atoms with Crippen LogP contribution in [0.1, 0.15) is 17.0 Å². The third-order valence-corrected chi connectivity index (χ3v) is 3.68. The Labute approximate surface area is 116 Å². The molecule has 4 heteroatoms. The molecule has 1 unspecified atom stereocenters. The molecule has 0 bridgehead atoms. The van der Waals surface area contributed by atoms with Gasteiger partial charge in [-0.2, -0.15) is 0 Å². The average Bonchev–Trinajstić information content (AvgIpc) is 2.34. The van der Waals surface area contributed by atoms with Crippen molar-refractivity contribution in [3.05, 3.63) is 58.6 Å². The molecule has 0 saturated carbocycles. The van der Waals surface area contributed by atoms with Crippen LogP contribution in [0.2, 0.25) is 5.02 Å². The van der Waals surface area contributed by atoms with E-state index < -0.39 is 0 Å². The van der Waals surface area contributed by atoms with Crippen LogP contribution in [0.15, 0.2) is 42.5 Å². The average molecular weight is 273 g/mol. The summed E-state index contributed by atoms with van der Waals surface area (Å²) in [5.41, 5.74) is 9.26. The second-order valence-corrected chi connectivity index (χ2v) is 5.11. The van der Waals surface area contributed by atoms with Crippen molar-refractivity contribution in [1.29, 1.82) is 0 Å². The normalized spacial score (nSPS) is 16.4. The summed E-state index contributed by atoms with van der Waals surface area (Å²) >= 11 is 5.83. The van der Waals surface area contributed by atoms with E-state index in [1.54, 1.807) is 18.2 Å². The molecule has 0 heterocycles. The predicted octanol–water partition coefficient (Wildman–Crippen LogP) is 3.20. The third-order valence-electron chi connectivity index (χ3n) is 3.44. The van der Waals surface area contributed by atoms with Gasteiger partial charge in [0.1, 0.15) is 0 Å². The maximum absolute atomic E-state index is 12.2. The monoisotopic (exact) mass is 272 g/mol. The molecule has 1 aliphatic carbocycles. The number of nitrogens with one attached hydrogen (secondary N) is 1. The van der Waals surface area contributed by atoms with Gasteiger partial charge in [-0.15, -0.1) is 0 Å². The molecular formula is C15H13ClN2O. The lowest BCUT2D eigenvalue weighted by molar-refractivity contribution is -0.118. The Morgan fingerprint density at radius 2 is 2.05 bits per heavy atom. The Bertz CT molecular complexity index is 654. The van der Waals surface area contributed by atoms with Crippen molar-refractivity contribution in [2.24, 2.45) is 0 Å². The molecule has 2 aromatic rings. The number of hydrogen-bond acceptors (Lipinski definition) is 2. The molecular weight excluding hydrogens is 260 g/mol. The Morgan fingerprint density at radius 3 is 2.79 bits per heavy atom. The summed E-state index contributed by atoms with van der Waals surface area (Å²) in [6.07, 6.45) is 0.787. The van der Waals surface area contributed by atoms with Gasteiger partial charge in [-0.1, -0.05) is 35.9 Å². The van der Waals surface area contributed by atoms with Crippen LogP contribution in [-0.4, -0.2) is 5.91 Å². The first-order valence-electron chi connectivity index (χ1n) is 6.09. The SMILES string of the molecule is Nc1cc(Cl)ccc1NC(=O)C1Cc2ccccc21. The topological polar surface area (TPSA) is 55.1 Å². The number of carbonyl (C=O) groups excluding carboxylic acids is 1. The lowest BCUT2D eigenvalue weighted by Crippen LogP contribution is -2.30. The van der Waals surface area contributed by atoms with E-state index >= 15 is 0 Å². The summed E-state index contributed by atoms with van der Waals surface area (Å²) in [7, 11) is 0. The number of nitrogen functional groups attached to an aromatic ring is 1. The lowest BCUT2D eigenvalue weighted by atomic mass is 9.77. The number of carbonyl (C=O) groups is 1. The van der Waals surface area contributed by atoms with Crippen molar-refractivity contribution in [2.75, 3.05) is 11.1 Å². The molecule has 3 nitrogen and oxygen atoms in total. The van der Waals surface area contributed by atoms with Crippen molar-refractivity contribution < 1.29 is 4.79 Å². The van der Waals surface area contributed by atoms with Crippen LogP contribution in [0.25, 0.3) is 0 Å². The van der Waals surface area contributed by atoms with Crippen LogP contribution in [0.4, 0.5) is 11.4 Å². The van der Waals surface area contributed by atoms with Crippen LogP contribution < -0.4 is 11.1 Å². The summed E-state index contributed by atoms with van der Waals surface area (Å²) < 4.78 is 0. The number of halogens is 1. The van der Waals surface area contributed by atoms with Gasteiger partial charge in [0, 0.05) is 5.02 Å². The standard InChI is InChI=1S/C15H13ClN2O/c16-10-5-6-14(13(17)8-10)18-15(19)12-7-9-3-1-2-4-11(9)12/h1-6,8,12H,7,17H2,(H,18,19). The first-order chi connectivity index (χ1) is 9.15. The van der Waals surface area contributed by atoms with Crippen molar-refractivity contribution >= 4 is 28.9 Å². The van der Waals surface area contributed by atoms with Gasteiger partial charge in [-0.05, 0) is 35.7 Å². The molecule has 0 fully saturated rings. The first kappa shape index (κ1) is 12.1. The molecule has 1 aliphatic rings. The summed E-state index contributed by atoms with van der Waals surface area (Å²) in [5.74, 6) is -0.0981. The third kappa shape index (κ3) is 2.17. The number of hydrogen-bond donors (Lipinski definition) is 2. The summed E-state index contributed by atoms with van der Waals surface area (Å²) in [5, 5.41) is 3.42. The maximum Gasteiger partial charge on any atom is 0.232 e. The van der Waals surface area contributed by atoms with Gasteiger partial charge in [-0.25, -0.2) is 0 Å². The number of fused-ring (bicyclic) bond motifs is 1. The molecule has 0 saturated heterocycles. The van der Waals surface area contributed by atoms with Gasteiger partial charge in [0.05, 0.1) is 17.3 Å². The molecule has 0 radical (unpaired) electrons. The van der Waals surface area contributed by atoms with Crippen LogP contribution in [0.3, 0.4) is 0 Å². The van der Waals surface area contributed by atoms with Crippen molar-refractivity contribution in [2.45, 2.75) is 12.3 Å². The maximum atomic E-state index is 12.2. The highest BCUT2D eigenvalue weighted by atomic mass is 35.5. The minimum Gasteiger partial charge on any atom is -0.397 e. The molecule has 96 valence electrons. The number of benzene rings is 2. The van der Waals surface area contributed by atoms with Crippen molar-refractivity contribution in [3.63, 3.8) is 0 Å². The Morgan fingerprint density at radius 1 is 1.26 bits per heavy atom. The second-order valence-electron chi connectivity index (χ2n) is 4.68. The fourth-order valence-electron chi connectivity index (χ4n) is 2.36. The lowest BCUT2D eigenvalue weighted by Gasteiger charge is -2.29. The highest BCUT2D eigenvalue weighted by molar-refractivity contribution is 6.31. The van der Waals surface area contributed by atoms with E-state index in [0.29, 0.717) is 16.4 Å². The molecule has 0 spiro atoms. The van der Waals surface area contributed by atoms with Crippen LogP contribution in [-0.2, 0) is 11.2 Å². The molecule has 0 aromatic heterocycles. The number of rotatable bonds is 2. The zero-order valence-corrected chi connectivity index (χ0v) is 10.9. The fourth-order valence-corrected chi connectivity index (χ4v) is 2.54. The molecule has 1 amide bonds. The zero-order chi connectivity index (χ0) is 13.4. The van der Waals surface area contributed by atoms with Crippen molar-refractivity contribution in [3.8, 4) is 0 Å². The van der Waals surface area contributed by atoms with Gasteiger partial charge in [0.2, 0.25) is 5.91 Å². The summed E-state index contributed by atoms with van der Waals surface area (Å²) in [4.78, 5) is 12.2. The highest BCUT2D eigenvalue weighted by Gasteiger charge is 2.31. The van der Waals surface area contributed by atoms with Gasteiger partial charge in [0.25, 0.3) is 0 Å². The van der Waals surface area contributed by atoms with Gasteiger partial charge < -0.3 is 11.1 Å². The van der Waals surface area contributed by atoms with Gasteiger partial charge in [0.15, 0.2) is 0 Å². The molecule has 2 aromatic carbocycles. The van der Waals surface area contributed by atoms with E-state index in [1.165, 1.54) is 5.56 Å². The fraction of sp³-hybridized carbons (Fsp3) is 0.133. The highest BCUT2D eigenvalue weighted by Crippen LogP contribution is 2.36. The van der Waals surface area contributed by atoms with E-state index in [-0.39, 0.29) is 11.8 Å². The number of nitrogens with two attached hydrogens (primary N) is 1. The van der Waals surface area contributed by atoms with E-state index in [4.69, 9.17) is 17.3 Å². The zero-order valence-electron chi connectivity index (χ0n) is 10.2. The molecule has 0 aliphatic heterocycles. The predicted molar refractivity (Wildman–Crippen MR) is 77.4 cm³/mol. The minimum atomic E-state index is -0.0775. The van der Waals surface area contributed by atoms with Crippen LogP contribution >= 0.6 is 11.6 Å². The molecule has 19 heavy (non-hydrogen) atoms. The van der Waals surface area contributed by atoms with E-state index in [0.717, 1.165) is 12.0 Å². The van der Waals surface area contributed by atoms with E-state index in [1.807, 2.05) is 18.2 Å². The van der Waals surface area contributed by atoms with Gasteiger partial charge >= 0.3 is 0 Å². The molecule has 3 N–H and O–H groups in total. The van der Waals surface area contributed by atoms with Gasteiger partial charge in [-0.3, -0.25) is 4.79 Å². The summed E-state index contributed by atoms with van der Waals surface area (Å²) in [6.45, 7) is 0. The Kier molecular flexibility index (Phi) is 2.91. The Hall–Kier alpha value is -2.00. The smallest absolute Gasteiger partial charge is 0.232 e. The van der Waals surface area contributed by atoms with Crippen LogP contribution in [0.5, 0.6) is 0 Å². The minimum absolute atomic E-state index is 0.0206. The Balaban J connectivity index is 1.77. The van der Waals surface area contributed by atoms with Crippen molar-refractivity contribution in [1.82, 2.24) is 0 Å². The molecule has 3 rings (SSSR count). The second kappa shape index (κ2) is 4.59. The first-order valence-corrected chi connectivity index (χ1v) is 6.46. The van der Waals surface area contributed by atoms with Crippen LogP contribution in [0, 0.1) is 0 Å². The number of anilines is 2. The van der Waals surface area contributed by atoms with E-state index in [9.17, 15) is 4.79 Å².